The summed E-state index contributed by atoms with van der Waals surface area (Å²) in [7, 11) is 0. The third-order valence-corrected chi connectivity index (χ3v) is 5.68. The summed E-state index contributed by atoms with van der Waals surface area (Å²) >= 11 is 1.33. The number of nitrogens with zero attached hydrogens (tertiary/aromatic N) is 3. The average molecular weight is 435 g/mol. The van der Waals surface area contributed by atoms with Gasteiger partial charge in [0.05, 0.1) is 5.57 Å². The summed E-state index contributed by atoms with van der Waals surface area (Å²) in [4.78, 5) is 16.5. The predicted molar refractivity (Wildman–Crippen MR) is 124 cm³/mol. The highest BCUT2D eigenvalue weighted by Crippen LogP contribution is 2.29. The second-order valence-electron chi connectivity index (χ2n) is 6.95. The fraction of sp³-hybridized carbons (Fsp3) is 0.217. The van der Waals surface area contributed by atoms with Gasteiger partial charge in [0.2, 0.25) is 5.17 Å². The van der Waals surface area contributed by atoms with Crippen molar-refractivity contribution in [2.45, 2.75) is 20.3 Å². The molecule has 1 amide bonds. The minimum Gasteiger partial charge on any atom is -0.490 e. The second kappa shape index (κ2) is 9.18. The summed E-state index contributed by atoms with van der Waals surface area (Å²) in [6, 6.07) is 15.2. The van der Waals surface area contributed by atoms with Crippen molar-refractivity contribution in [2.24, 2.45) is 10.1 Å². The fourth-order valence-electron chi connectivity index (χ4n) is 2.96. The van der Waals surface area contributed by atoms with E-state index in [-0.39, 0.29) is 11.4 Å². The van der Waals surface area contributed by atoms with Crippen LogP contribution in [-0.2, 0) is 4.79 Å². The van der Waals surface area contributed by atoms with Gasteiger partial charge in [-0.3, -0.25) is 10.2 Å². The van der Waals surface area contributed by atoms with Gasteiger partial charge in [0, 0.05) is 0 Å². The van der Waals surface area contributed by atoms with Gasteiger partial charge >= 0.3 is 0 Å². The highest BCUT2D eigenvalue weighted by Gasteiger charge is 2.34. The number of ether oxygens (including phenoxy) is 2. The smallest absolute Gasteiger partial charge is 0.283 e. The molecule has 0 aliphatic carbocycles. The van der Waals surface area contributed by atoms with Crippen LogP contribution in [0.15, 0.2) is 64.2 Å². The number of carbonyl (C=O) groups excluding carboxylic acids is 1. The van der Waals surface area contributed by atoms with Crippen LogP contribution in [-0.4, -0.2) is 40.2 Å². The van der Waals surface area contributed by atoms with Crippen LogP contribution in [0, 0.1) is 12.3 Å². The first-order valence-corrected chi connectivity index (χ1v) is 10.8. The van der Waals surface area contributed by atoms with E-state index >= 15 is 0 Å². The van der Waals surface area contributed by atoms with Crippen LogP contribution in [0.5, 0.6) is 11.5 Å². The lowest BCUT2D eigenvalue weighted by atomic mass is 10.1. The molecule has 0 fully saturated rings. The molecule has 1 N–H and O–H groups in total. The van der Waals surface area contributed by atoms with Gasteiger partial charge in [0.1, 0.15) is 29.8 Å². The summed E-state index contributed by atoms with van der Waals surface area (Å²) in [6.07, 6.45) is 2.39. The fourth-order valence-corrected chi connectivity index (χ4v) is 3.78. The molecule has 7 nitrogen and oxygen atoms in total. The number of hydrogen-bond acceptors (Lipinski definition) is 6. The van der Waals surface area contributed by atoms with Gasteiger partial charge in [-0.15, -0.1) is 0 Å². The number of hydrogen-bond donors (Lipinski definition) is 1. The molecule has 0 saturated carbocycles. The molecular formula is C23H22N4O3S. The standard InChI is InChI=1S/C23H22N4O3S/c1-3-20-26-27-21(24)19(22(28)25-23(27)31-20)14-16-6-10-18(11-7-16)30-13-12-29-17-8-4-15(2)5-9-17/h4-11,14,24H,3,12-13H2,1-2H3. The number of aliphatic imine (C=N–C) groups is 1. The number of carbonyl (C=O) groups is 1. The maximum absolute atomic E-state index is 12.4. The van der Waals surface area contributed by atoms with Crippen molar-refractivity contribution < 1.29 is 14.3 Å². The van der Waals surface area contributed by atoms with E-state index in [0.717, 1.165) is 22.8 Å². The molecule has 0 aromatic heterocycles. The van der Waals surface area contributed by atoms with Gasteiger partial charge in [0.15, 0.2) is 5.84 Å². The molecule has 2 aromatic carbocycles. The number of hydrazone groups is 1. The number of thioether (sulfide) groups is 1. The first kappa shape index (κ1) is 20.9. The zero-order valence-corrected chi connectivity index (χ0v) is 18.1. The zero-order valence-electron chi connectivity index (χ0n) is 17.3. The molecule has 0 saturated heterocycles. The quantitative estimate of drug-likeness (QED) is 0.513. The molecule has 31 heavy (non-hydrogen) atoms. The number of benzene rings is 2. The Morgan fingerprint density at radius 2 is 1.65 bits per heavy atom. The molecule has 0 spiro atoms. The molecule has 8 heteroatoms. The summed E-state index contributed by atoms with van der Waals surface area (Å²) in [5, 5.41) is 15.4. The first-order valence-electron chi connectivity index (χ1n) is 9.95. The topological polar surface area (TPSA) is 87.3 Å². The van der Waals surface area contributed by atoms with Crippen LogP contribution < -0.4 is 9.47 Å². The Labute approximate surface area is 185 Å². The van der Waals surface area contributed by atoms with E-state index < -0.39 is 5.91 Å². The van der Waals surface area contributed by atoms with E-state index in [1.54, 1.807) is 6.08 Å². The number of rotatable bonds is 7. The highest BCUT2D eigenvalue weighted by molar-refractivity contribution is 8.26. The van der Waals surface area contributed by atoms with Crippen LogP contribution >= 0.6 is 11.8 Å². The molecule has 2 aliphatic heterocycles. The summed E-state index contributed by atoms with van der Waals surface area (Å²) in [5.74, 6) is 1.13. The van der Waals surface area contributed by atoms with Crippen LogP contribution in [0.25, 0.3) is 6.08 Å². The van der Waals surface area contributed by atoms with E-state index in [4.69, 9.17) is 14.9 Å². The van der Waals surface area contributed by atoms with E-state index in [1.807, 2.05) is 62.4 Å². The van der Waals surface area contributed by atoms with Crippen molar-refractivity contribution in [1.82, 2.24) is 5.01 Å². The van der Waals surface area contributed by atoms with Crippen molar-refractivity contribution in [3.05, 3.63) is 65.2 Å². The van der Waals surface area contributed by atoms with E-state index in [1.165, 1.54) is 22.3 Å². The Hall–Kier alpha value is -3.39. The molecule has 2 aliphatic rings. The molecule has 0 radical (unpaired) electrons. The van der Waals surface area contributed by atoms with Gasteiger partial charge in [0.25, 0.3) is 5.91 Å². The Morgan fingerprint density at radius 3 is 2.26 bits per heavy atom. The van der Waals surface area contributed by atoms with Gasteiger partial charge in [-0.1, -0.05) is 36.8 Å². The van der Waals surface area contributed by atoms with Crippen LogP contribution in [0.3, 0.4) is 0 Å². The third kappa shape index (κ3) is 4.86. The van der Waals surface area contributed by atoms with Crippen molar-refractivity contribution in [2.75, 3.05) is 13.2 Å². The van der Waals surface area contributed by atoms with E-state index in [9.17, 15) is 4.79 Å². The number of aryl methyl sites for hydroxylation is 1. The van der Waals surface area contributed by atoms with Crippen molar-refractivity contribution in [3.8, 4) is 11.5 Å². The largest absolute Gasteiger partial charge is 0.490 e. The maximum atomic E-state index is 12.4. The first-order chi connectivity index (χ1) is 15.0. The summed E-state index contributed by atoms with van der Waals surface area (Å²) in [5.41, 5.74) is 2.18. The number of fused-ring (bicyclic) bond motifs is 1. The Bertz CT molecular complexity index is 1090. The second-order valence-corrected chi connectivity index (χ2v) is 7.99. The Morgan fingerprint density at radius 1 is 1.03 bits per heavy atom. The minimum atomic E-state index is -0.426. The lowest BCUT2D eigenvalue weighted by Gasteiger charge is -2.20. The predicted octanol–water partition coefficient (Wildman–Crippen LogP) is 4.48. The van der Waals surface area contributed by atoms with Crippen molar-refractivity contribution in [1.29, 1.82) is 5.41 Å². The monoisotopic (exact) mass is 434 g/mol. The van der Waals surface area contributed by atoms with E-state index in [2.05, 4.69) is 10.1 Å². The van der Waals surface area contributed by atoms with Crippen molar-refractivity contribution >= 4 is 39.8 Å². The van der Waals surface area contributed by atoms with Gasteiger partial charge in [-0.05, 0) is 61.0 Å². The van der Waals surface area contributed by atoms with Gasteiger partial charge in [-0.25, -0.2) is 0 Å². The summed E-state index contributed by atoms with van der Waals surface area (Å²) < 4.78 is 11.4. The Kier molecular flexibility index (Phi) is 6.18. The zero-order chi connectivity index (χ0) is 21.8. The normalized spacial score (nSPS) is 16.8. The lowest BCUT2D eigenvalue weighted by molar-refractivity contribution is -0.114. The Balaban J connectivity index is 1.35. The van der Waals surface area contributed by atoms with Crippen LogP contribution in [0.1, 0.15) is 24.5 Å². The van der Waals surface area contributed by atoms with E-state index in [0.29, 0.717) is 24.1 Å². The third-order valence-electron chi connectivity index (χ3n) is 4.63. The number of amides is 1. The number of nitrogens with one attached hydrogen (secondary N) is 1. The van der Waals surface area contributed by atoms with Gasteiger partial charge < -0.3 is 9.47 Å². The van der Waals surface area contributed by atoms with Crippen LogP contribution in [0.4, 0.5) is 0 Å². The SMILES string of the molecule is CCC1=NN2C(=N)C(=Cc3ccc(OCCOc4ccc(C)cc4)cc3)C(=O)N=C2S1. The van der Waals surface area contributed by atoms with Crippen LogP contribution in [0.2, 0.25) is 0 Å². The van der Waals surface area contributed by atoms with Crippen molar-refractivity contribution in [3.63, 3.8) is 0 Å². The highest BCUT2D eigenvalue weighted by atomic mass is 32.2. The molecule has 0 unspecified atom stereocenters. The average Bonchev–Trinajstić information content (AvgIpc) is 3.20. The molecule has 0 atom stereocenters. The minimum absolute atomic E-state index is 0.0412. The molecule has 4 rings (SSSR count). The molecule has 0 bridgehead atoms. The van der Waals surface area contributed by atoms with Gasteiger partial charge in [-0.2, -0.15) is 15.1 Å². The maximum Gasteiger partial charge on any atom is 0.283 e. The lowest BCUT2D eigenvalue weighted by Crippen LogP contribution is -2.35. The summed E-state index contributed by atoms with van der Waals surface area (Å²) in [6.45, 7) is 4.87. The molecule has 2 heterocycles. The molecule has 2 aromatic rings. The number of amidine groups is 2. The molecule has 158 valence electrons. The molecular weight excluding hydrogens is 412 g/mol.